The first-order chi connectivity index (χ1) is 14.0. The molecule has 0 fully saturated rings. The van der Waals surface area contributed by atoms with Gasteiger partial charge in [-0.3, -0.25) is 19.2 Å². The zero-order valence-corrected chi connectivity index (χ0v) is 18.6. The molecule has 0 radical (unpaired) electrons. The molecular formula is C20H39N5O5. The highest BCUT2D eigenvalue weighted by Crippen LogP contribution is 2.11. The molecule has 0 aromatic rings. The lowest BCUT2D eigenvalue weighted by Crippen LogP contribution is -2.58. The van der Waals surface area contributed by atoms with Gasteiger partial charge in [0.25, 0.3) is 0 Å². The fourth-order valence-corrected chi connectivity index (χ4v) is 2.89. The minimum Gasteiger partial charge on any atom is -0.480 e. The highest BCUT2D eigenvalue weighted by Gasteiger charge is 2.31. The van der Waals surface area contributed by atoms with Gasteiger partial charge in [-0.1, -0.05) is 34.1 Å². The summed E-state index contributed by atoms with van der Waals surface area (Å²) in [5.41, 5.74) is 11.4. The number of hydrogen-bond acceptors (Lipinski definition) is 6. The number of carboxylic acids is 1. The number of aliphatic carboxylic acids is 1. The van der Waals surface area contributed by atoms with Gasteiger partial charge in [0, 0.05) is 0 Å². The van der Waals surface area contributed by atoms with Crippen LogP contribution in [0.1, 0.15) is 59.8 Å². The molecule has 10 heteroatoms. The number of hydrogen-bond donors (Lipinski definition) is 6. The Labute approximate surface area is 178 Å². The summed E-state index contributed by atoms with van der Waals surface area (Å²) < 4.78 is 0. The molecule has 4 unspecified atom stereocenters. The first kappa shape index (κ1) is 27.8. The van der Waals surface area contributed by atoms with Crippen molar-refractivity contribution in [1.29, 1.82) is 0 Å². The molecule has 0 aliphatic carbocycles. The van der Waals surface area contributed by atoms with Gasteiger partial charge in [0.1, 0.15) is 18.6 Å². The Morgan fingerprint density at radius 3 is 2.10 bits per heavy atom. The summed E-state index contributed by atoms with van der Waals surface area (Å²) in [4.78, 5) is 48.5. The van der Waals surface area contributed by atoms with Crippen molar-refractivity contribution in [3.63, 3.8) is 0 Å². The number of nitrogens with two attached hydrogens (primary N) is 2. The van der Waals surface area contributed by atoms with Crippen molar-refractivity contribution in [3.8, 4) is 0 Å². The second kappa shape index (κ2) is 14.7. The first-order valence-electron chi connectivity index (χ1n) is 10.6. The lowest BCUT2D eigenvalue weighted by molar-refractivity contribution is -0.138. The van der Waals surface area contributed by atoms with Crippen LogP contribution in [0.4, 0.5) is 0 Å². The van der Waals surface area contributed by atoms with E-state index >= 15 is 0 Å². The fraction of sp³-hybridized carbons (Fsp3) is 0.800. The first-order valence-corrected chi connectivity index (χ1v) is 10.6. The van der Waals surface area contributed by atoms with Crippen molar-refractivity contribution in [2.75, 3.05) is 13.1 Å². The smallest absolute Gasteiger partial charge is 0.322 e. The zero-order valence-electron chi connectivity index (χ0n) is 18.6. The highest BCUT2D eigenvalue weighted by atomic mass is 16.4. The molecule has 3 amide bonds. The SMILES string of the molecule is CCC(C)C(NC(=O)C(N)CC(C)C)C(=O)NC(CCCCN)C(=O)NCC(=O)O. The molecule has 0 heterocycles. The van der Waals surface area contributed by atoms with Gasteiger partial charge in [0.2, 0.25) is 17.7 Å². The number of carboxylic acid groups (broad SMARTS) is 1. The number of carbonyl (C=O) groups excluding carboxylic acids is 3. The van der Waals surface area contributed by atoms with E-state index in [0.717, 1.165) is 0 Å². The quantitative estimate of drug-likeness (QED) is 0.194. The minimum absolute atomic E-state index is 0.188. The number of carbonyl (C=O) groups is 4. The van der Waals surface area contributed by atoms with E-state index in [1.54, 1.807) is 0 Å². The van der Waals surface area contributed by atoms with E-state index in [9.17, 15) is 19.2 Å². The molecule has 10 nitrogen and oxygen atoms in total. The Bertz CT molecular complexity index is 570. The molecule has 0 saturated heterocycles. The number of nitrogens with one attached hydrogen (secondary N) is 3. The Balaban J connectivity index is 5.27. The van der Waals surface area contributed by atoms with E-state index in [2.05, 4.69) is 16.0 Å². The Kier molecular flexibility index (Phi) is 13.7. The third kappa shape index (κ3) is 11.1. The van der Waals surface area contributed by atoms with Gasteiger partial charge < -0.3 is 32.5 Å². The Morgan fingerprint density at radius 1 is 0.967 bits per heavy atom. The summed E-state index contributed by atoms with van der Waals surface area (Å²) in [6, 6.07) is -2.51. The van der Waals surface area contributed by atoms with Crippen LogP contribution < -0.4 is 27.4 Å². The molecule has 0 aliphatic heterocycles. The number of amides is 3. The predicted octanol–water partition coefficient (Wildman–Crippen LogP) is -0.295. The van der Waals surface area contributed by atoms with Crippen molar-refractivity contribution >= 4 is 23.7 Å². The topological polar surface area (TPSA) is 177 Å². The van der Waals surface area contributed by atoms with Crippen LogP contribution in [0.5, 0.6) is 0 Å². The summed E-state index contributed by atoms with van der Waals surface area (Å²) in [5.74, 6) is -2.65. The average Bonchev–Trinajstić information content (AvgIpc) is 2.67. The van der Waals surface area contributed by atoms with Gasteiger partial charge in [0.15, 0.2) is 0 Å². The van der Waals surface area contributed by atoms with Crippen molar-refractivity contribution < 1.29 is 24.3 Å². The third-order valence-corrected chi connectivity index (χ3v) is 4.85. The molecule has 0 saturated carbocycles. The summed E-state index contributed by atoms with van der Waals surface area (Å²) in [5, 5.41) is 16.4. The highest BCUT2D eigenvalue weighted by molar-refractivity contribution is 5.93. The Hall–Kier alpha value is -2.20. The maximum atomic E-state index is 12.9. The van der Waals surface area contributed by atoms with Crippen molar-refractivity contribution in [2.24, 2.45) is 23.3 Å². The van der Waals surface area contributed by atoms with Gasteiger partial charge in [-0.15, -0.1) is 0 Å². The lowest BCUT2D eigenvalue weighted by atomic mass is 9.96. The maximum Gasteiger partial charge on any atom is 0.322 e. The largest absolute Gasteiger partial charge is 0.480 e. The molecule has 0 aliphatic rings. The molecule has 0 aromatic heterocycles. The standard InChI is InChI=1S/C20H39N5O5/c1-5-13(4)17(25-18(28)14(22)10-12(2)3)20(30)24-15(8-6-7-9-21)19(29)23-11-16(26)27/h12-15,17H,5-11,21-22H2,1-4H3,(H,23,29)(H,24,30)(H,25,28)(H,26,27). The van der Waals surface area contributed by atoms with Crippen LogP contribution in [0.3, 0.4) is 0 Å². The van der Waals surface area contributed by atoms with Crippen LogP contribution in [0.25, 0.3) is 0 Å². The van der Waals surface area contributed by atoms with Crippen LogP contribution in [0.15, 0.2) is 0 Å². The van der Waals surface area contributed by atoms with E-state index in [4.69, 9.17) is 16.6 Å². The Morgan fingerprint density at radius 2 is 1.60 bits per heavy atom. The molecule has 0 rings (SSSR count). The predicted molar refractivity (Wildman–Crippen MR) is 114 cm³/mol. The summed E-state index contributed by atoms with van der Waals surface area (Å²) >= 11 is 0. The van der Waals surface area contributed by atoms with Crippen LogP contribution in [-0.2, 0) is 19.2 Å². The van der Waals surface area contributed by atoms with E-state index < -0.39 is 48.4 Å². The molecule has 8 N–H and O–H groups in total. The van der Waals surface area contributed by atoms with Crippen LogP contribution in [0, 0.1) is 11.8 Å². The molecule has 4 atom stereocenters. The number of rotatable bonds is 15. The summed E-state index contributed by atoms with van der Waals surface area (Å²) in [6.07, 6.45) is 2.67. The van der Waals surface area contributed by atoms with Crippen molar-refractivity contribution in [1.82, 2.24) is 16.0 Å². The number of unbranched alkanes of at least 4 members (excludes halogenated alkanes) is 1. The molecular weight excluding hydrogens is 390 g/mol. The lowest BCUT2D eigenvalue weighted by Gasteiger charge is -2.27. The zero-order chi connectivity index (χ0) is 23.3. The summed E-state index contributed by atoms with van der Waals surface area (Å²) in [6.45, 7) is 7.52. The van der Waals surface area contributed by atoms with Crippen LogP contribution >= 0.6 is 0 Å². The van der Waals surface area contributed by atoms with Crippen LogP contribution in [-0.4, -0.2) is 60.0 Å². The van der Waals surface area contributed by atoms with E-state index in [0.29, 0.717) is 38.6 Å². The van der Waals surface area contributed by atoms with Gasteiger partial charge in [0.05, 0.1) is 6.04 Å². The molecule has 174 valence electrons. The van der Waals surface area contributed by atoms with E-state index in [1.807, 2.05) is 27.7 Å². The molecule has 30 heavy (non-hydrogen) atoms. The fourth-order valence-electron chi connectivity index (χ4n) is 2.89. The normalized spacial score (nSPS) is 15.0. The average molecular weight is 430 g/mol. The maximum absolute atomic E-state index is 12.9. The van der Waals surface area contributed by atoms with Gasteiger partial charge in [-0.2, -0.15) is 0 Å². The molecule has 0 aromatic carbocycles. The van der Waals surface area contributed by atoms with Crippen molar-refractivity contribution in [3.05, 3.63) is 0 Å². The van der Waals surface area contributed by atoms with Gasteiger partial charge in [-0.05, 0) is 44.1 Å². The van der Waals surface area contributed by atoms with Crippen molar-refractivity contribution in [2.45, 2.75) is 77.9 Å². The molecule has 0 spiro atoms. The van der Waals surface area contributed by atoms with Gasteiger partial charge in [-0.25, -0.2) is 0 Å². The van der Waals surface area contributed by atoms with Gasteiger partial charge >= 0.3 is 5.97 Å². The molecule has 0 bridgehead atoms. The second-order valence-electron chi connectivity index (χ2n) is 8.07. The van der Waals surface area contributed by atoms with E-state index in [-0.39, 0.29) is 11.8 Å². The van der Waals surface area contributed by atoms with E-state index in [1.165, 1.54) is 0 Å². The van der Waals surface area contributed by atoms with Crippen LogP contribution in [0.2, 0.25) is 0 Å². The minimum atomic E-state index is -1.18. The summed E-state index contributed by atoms with van der Waals surface area (Å²) in [7, 11) is 0. The second-order valence-corrected chi connectivity index (χ2v) is 8.07. The monoisotopic (exact) mass is 429 g/mol. The third-order valence-electron chi connectivity index (χ3n) is 4.85.